The second-order valence-electron chi connectivity index (χ2n) is 3.55. The van der Waals surface area contributed by atoms with Gasteiger partial charge < -0.3 is 10.8 Å². The molecule has 0 aliphatic carbocycles. The molecular weight excluding hydrogens is 162 g/mol. The van der Waals surface area contributed by atoms with E-state index in [4.69, 9.17) is 10.8 Å². The molecule has 72 valence electrons. The Hall–Kier alpha value is -1.02. The van der Waals surface area contributed by atoms with Crippen molar-refractivity contribution in [2.45, 2.75) is 26.2 Å². The molecule has 0 spiro atoms. The van der Waals surface area contributed by atoms with Gasteiger partial charge in [-0.15, -0.1) is 0 Å². The molecule has 0 saturated heterocycles. The van der Waals surface area contributed by atoms with E-state index < -0.39 is 0 Å². The van der Waals surface area contributed by atoms with Crippen molar-refractivity contribution in [1.29, 1.82) is 0 Å². The van der Waals surface area contributed by atoms with E-state index in [1.165, 1.54) is 5.56 Å². The van der Waals surface area contributed by atoms with Crippen LogP contribution in [0.4, 0.5) is 5.69 Å². The van der Waals surface area contributed by atoms with Crippen LogP contribution in [0.3, 0.4) is 0 Å². The number of nitrogen functional groups attached to an aromatic ring is 1. The van der Waals surface area contributed by atoms with Gasteiger partial charge in [0.1, 0.15) is 0 Å². The third-order valence-corrected chi connectivity index (χ3v) is 2.34. The number of hydrogen-bond acceptors (Lipinski definition) is 2. The molecule has 0 fully saturated rings. The normalized spacial score (nSPS) is 12.8. The van der Waals surface area contributed by atoms with E-state index in [-0.39, 0.29) is 6.61 Å². The predicted octanol–water partition coefficient (Wildman–Crippen LogP) is 2.06. The van der Waals surface area contributed by atoms with Crippen LogP contribution in [0.1, 0.15) is 30.4 Å². The van der Waals surface area contributed by atoms with Gasteiger partial charge >= 0.3 is 0 Å². The molecule has 1 aromatic rings. The molecule has 3 N–H and O–H groups in total. The highest BCUT2D eigenvalue weighted by atomic mass is 16.3. The van der Waals surface area contributed by atoms with E-state index in [1.54, 1.807) is 0 Å². The summed E-state index contributed by atoms with van der Waals surface area (Å²) in [6.07, 6.45) is 0.771. The summed E-state index contributed by atoms with van der Waals surface area (Å²) in [6, 6.07) is 6.08. The van der Waals surface area contributed by atoms with Gasteiger partial charge in [0.2, 0.25) is 0 Å². The van der Waals surface area contributed by atoms with Gasteiger partial charge in [-0.25, -0.2) is 0 Å². The zero-order chi connectivity index (χ0) is 9.84. The van der Waals surface area contributed by atoms with Crippen LogP contribution in [0.15, 0.2) is 18.2 Å². The molecule has 0 heterocycles. The van der Waals surface area contributed by atoms with Gasteiger partial charge in [-0.3, -0.25) is 0 Å². The number of nitrogens with two attached hydrogens (primary N) is 1. The maximum absolute atomic E-state index is 8.80. The van der Waals surface area contributed by atoms with Crippen LogP contribution in [-0.2, 0) is 0 Å². The highest BCUT2D eigenvalue weighted by Crippen LogP contribution is 2.25. The Balaban J connectivity index is 2.88. The van der Waals surface area contributed by atoms with Crippen molar-refractivity contribution >= 4 is 5.69 Å². The predicted molar refractivity (Wildman–Crippen MR) is 55.7 cm³/mol. The van der Waals surface area contributed by atoms with Crippen molar-refractivity contribution in [3.8, 4) is 0 Å². The van der Waals surface area contributed by atoms with Gasteiger partial charge in [0.15, 0.2) is 0 Å². The third-order valence-electron chi connectivity index (χ3n) is 2.34. The highest BCUT2D eigenvalue weighted by Gasteiger charge is 2.07. The Morgan fingerprint density at radius 2 is 2.15 bits per heavy atom. The lowest BCUT2D eigenvalue weighted by Crippen LogP contribution is -2.01. The van der Waals surface area contributed by atoms with Crippen LogP contribution in [0.2, 0.25) is 0 Å². The maximum Gasteiger partial charge on any atom is 0.0436 e. The van der Waals surface area contributed by atoms with Crippen molar-refractivity contribution in [3.63, 3.8) is 0 Å². The first-order chi connectivity index (χ1) is 6.15. The van der Waals surface area contributed by atoms with Gasteiger partial charge in [-0.1, -0.05) is 19.1 Å². The van der Waals surface area contributed by atoms with Crippen molar-refractivity contribution in [2.24, 2.45) is 0 Å². The molecule has 2 nitrogen and oxygen atoms in total. The number of benzene rings is 1. The molecule has 1 rings (SSSR count). The van der Waals surface area contributed by atoms with Crippen molar-refractivity contribution in [3.05, 3.63) is 29.3 Å². The number of anilines is 1. The van der Waals surface area contributed by atoms with Crippen LogP contribution in [-0.4, -0.2) is 11.7 Å². The maximum atomic E-state index is 8.80. The van der Waals surface area contributed by atoms with Gasteiger partial charge in [0.25, 0.3) is 0 Å². The number of aryl methyl sites for hydroxylation is 1. The minimum atomic E-state index is 0.217. The molecule has 0 bridgehead atoms. The summed E-state index contributed by atoms with van der Waals surface area (Å²) in [6.45, 7) is 4.32. The molecule has 0 aliphatic rings. The van der Waals surface area contributed by atoms with E-state index in [2.05, 4.69) is 13.0 Å². The Bertz CT molecular complexity index is 283. The van der Waals surface area contributed by atoms with Crippen LogP contribution in [0.25, 0.3) is 0 Å². The molecule has 0 radical (unpaired) electrons. The fraction of sp³-hybridized carbons (Fsp3) is 0.455. The Labute approximate surface area is 79.4 Å². The topological polar surface area (TPSA) is 46.2 Å². The summed E-state index contributed by atoms with van der Waals surface area (Å²) in [7, 11) is 0. The molecule has 0 unspecified atom stereocenters. The average molecular weight is 179 g/mol. The SMILES string of the molecule is Cc1ccc([C@@H](C)CCO)c(N)c1. The summed E-state index contributed by atoms with van der Waals surface area (Å²) in [5.74, 6) is 0.339. The number of aliphatic hydroxyl groups is 1. The van der Waals surface area contributed by atoms with Gasteiger partial charge in [0.05, 0.1) is 0 Å². The third kappa shape index (κ3) is 2.46. The second-order valence-corrected chi connectivity index (χ2v) is 3.55. The largest absolute Gasteiger partial charge is 0.398 e. The molecule has 2 heteroatoms. The Morgan fingerprint density at radius 1 is 1.46 bits per heavy atom. The van der Waals surface area contributed by atoms with E-state index in [0.29, 0.717) is 5.92 Å². The zero-order valence-corrected chi connectivity index (χ0v) is 8.25. The summed E-state index contributed by atoms with van der Waals surface area (Å²) in [4.78, 5) is 0. The van der Waals surface area contributed by atoms with E-state index in [9.17, 15) is 0 Å². The minimum Gasteiger partial charge on any atom is -0.398 e. The quantitative estimate of drug-likeness (QED) is 0.698. The lowest BCUT2D eigenvalue weighted by molar-refractivity contribution is 0.279. The van der Waals surface area contributed by atoms with Crippen LogP contribution in [0, 0.1) is 6.92 Å². The summed E-state index contributed by atoms with van der Waals surface area (Å²) in [5.41, 5.74) is 9.02. The molecule has 0 aromatic heterocycles. The smallest absolute Gasteiger partial charge is 0.0436 e. The molecular formula is C11H17NO. The molecule has 0 saturated carbocycles. The highest BCUT2D eigenvalue weighted by molar-refractivity contribution is 5.50. The number of aliphatic hydroxyl groups excluding tert-OH is 1. The first kappa shape index (κ1) is 10.1. The van der Waals surface area contributed by atoms with E-state index >= 15 is 0 Å². The number of rotatable bonds is 3. The molecule has 13 heavy (non-hydrogen) atoms. The average Bonchev–Trinajstić information content (AvgIpc) is 2.04. The molecule has 0 amide bonds. The van der Waals surface area contributed by atoms with Crippen molar-refractivity contribution in [1.82, 2.24) is 0 Å². The van der Waals surface area contributed by atoms with E-state index in [1.807, 2.05) is 19.1 Å². The molecule has 1 atom stereocenters. The van der Waals surface area contributed by atoms with Crippen molar-refractivity contribution in [2.75, 3.05) is 12.3 Å². The minimum absolute atomic E-state index is 0.217. The fourth-order valence-corrected chi connectivity index (χ4v) is 1.49. The molecule has 0 aliphatic heterocycles. The van der Waals surface area contributed by atoms with E-state index in [0.717, 1.165) is 17.7 Å². The summed E-state index contributed by atoms with van der Waals surface area (Å²) >= 11 is 0. The van der Waals surface area contributed by atoms with Gasteiger partial charge in [0, 0.05) is 12.3 Å². The van der Waals surface area contributed by atoms with Crippen LogP contribution >= 0.6 is 0 Å². The standard InChI is InChI=1S/C11H17NO/c1-8-3-4-10(11(12)7-8)9(2)5-6-13/h3-4,7,9,13H,5-6,12H2,1-2H3/t9-/m0/s1. The molecule has 1 aromatic carbocycles. The van der Waals surface area contributed by atoms with Crippen LogP contribution < -0.4 is 5.73 Å². The fourth-order valence-electron chi connectivity index (χ4n) is 1.49. The zero-order valence-electron chi connectivity index (χ0n) is 8.25. The Kier molecular flexibility index (Phi) is 3.32. The first-order valence-corrected chi connectivity index (χ1v) is 4.62. The lowest BCUT2D eigenvalue weighted by atomic mass is 9.95. The Morgan fingerprint density at radius 3 is 2.69 bits per heavy atom. The van der Waals surface area contributed by atoms with Gasteiger partial charge in [-0.05, 0) is 36.5 Å². The lowest BCUT2D eigenvalue weighted by Gasteiger charge is -2.13. The monoisotopic (exact) mass is 179 g/mol. The summed E-state index contributed by atoms with van der Waals surface area (Å²) < 4.78 is 0. The number of hydrogen-bond donors (Lipinski definition) is 2. The first-order valence-electron chi connectivity index (χ1n) is 4.62. The summed E-state index contributed by atoms with van der Waals surface area (Å²) in [5, 5.41) is 8.80. The van der Waals surface area contributed by atoms with Crippen molar-refractivity contribution < 1.29 is 5.11 Å². The van der Waals surface area contributed by atoms with Gasteiger partial charge in [-0.2, -0.15) is 0 Å². The van der Waals surface area contributed by atoms with Crippen LogP contribution in [0.5, 0.6) is 0 Å². The second kappa shape index (κ2) is 4.28.